The Morgan fingerprint density at radius 1 is 1.37 bits per heavy atom. The smallest absolute Gasteiger partial charge is 0.226 e. The minimum absolute atomic E-state index is 0.0288. The molecule has 0 bridgehead atoms. The van der Waals surface area contributed by atoms with Gasteiger partial charge >= 0.3 is 0 Å². The molecule has 104 valence electrons. The molecule has 19 heavy (non-hydrogen) atoms. The van der Waals surface area contributed by atoms with Gasteiger partial charge in [-0.05, 0) is 31.9 Å². The number of ether oxygens (including phenoxy) is 1. The van der Waals surface area contributed by atoms with Crippen molar-refractivity contribution in [1.82, 2.24) is 4.90 Å². The molecule has 0 heterocycles. The normalized spacial score (nSPS) is 14.2. The van der Waals surface area contributed by atoms with Crippen molar-refractivity contribution in [2.45, 2.75) is 32.2 Å². The second kappa shape index (κ2) is 6.57. The van der Waals surface area contributed by atoms with E-state index >= 15 is 0 Å². The number of carbonyl (C=O) groups excluding carboxylic acids is 1. The summed E-state index contributed by atoms with van der Waals surface area (Å²) in [6.45, 7) is 2.88. The molecule has 1 amide bonds. The van der Waals surface area contributed by atoms with E-state index in [2.05, 4.69) is 0 Å². The third-order valence-electron chi connectivity index (χ3n) is 3.25. The number of carbonyl (C=O) groups is 1. The van der Waals surface area contributed by atoms with Crippen LogP contribution in [0.15, 0.2) is 24.3 Å². The maximum Gasteiger partial charge on any atom is 0.226 e. The van der Waals surface area contributed by atoms with Crippen LogP contribution in [-0.2, 0) is 4.79 Å². The van der Waals surface area contributed by atoms with Crippen molar-refractivity contribution in [3.63, 3.8) is 0 Å². The van der Waals surface area contributed by atoms with Crippen LogP contribution in [0.2, 0.25) is 0 Å². The predicted molar refractivity (Wildman–Crippen MR) is 73.1 cm³/mol. The average Bonchev–Trinajstić information content (AvgIpc) is 3.22. The number of aryl methyl sites for hydroxylation is 1. The largest absolute Gasteiger partial charge is 0.493 e. The summed E-state index contributed by atoms with van der Waals surface area (Å²) in [5.41, 5.74) is 1.19. The zero-order chi connectivity index (χ0) is 13.7. The lowest BCUT2D eigenvalue weighted by molar-refractivity contribution is -0.132. The number of benzene rings is 1. The highest BCUT2D eigenvalue weighted by atomic mass is 16.5. The number of rotatable bonds is 7. The Morgan fingerprint density at radius 2 is 2.05 bits per heavy atom. The van der Waals surface area contributed by atoms with E-state index in [4.69, 9.17) is 9.84 Å². The van der Waals surface area contributed by atoms with Gasteiger partial charge in [0.05, 0.1) is 19.6 Å². The van der Waals surface area contributed by atoms with Crippen molar-refractivity contribution in [1.29, 1.82) is 0 Å². The Labute approximate surface area is 114 Å². The van der Waals surface area contributed by atoms with Gasteiger partial charge in [0.2, 0.25) is 5.91 Å². The third-order valence-corrected chi connectivity index (χ3v) is 3.25. The number of hydrogen-bond donors (Lipinski definition) is 1. The van der Waals surface area contributed by atoms with Crippen LogP contribution < -0.4 is 4.74 Å². The highest BCUT2D eigenvalue weighted by Gasteiger charge is 2.31. The summed E-state index contributed by atoms with van der Waals surface area (Å²) in [6, 6.07) is 8.14. The molecule has 0 saturated heterocycles. The maximum absolute atomic E-state index is 12.0. The first-order chi connectivity index (χ1) is 9.20. The fourth-order valence-electron chi connectivity index (χ4n) is 2.04. The Kier molecular flexibility index (Phi) is 4.80. The van der Waals surface area contributed by atoms with Gasteiger partial charge in [-0.15, -0.1) is 0 Å². The number of hydrogen-bond acceptors (Lipinski definition) is 3. The van der Waals surface area contributed by atoms with E-state index in [1.54, 1.807) is 4.90 Å². The summed E-state index contributed by atoms with van der Waals surface area (Å²) < 4.78 is 5.55. The summed E-state index contributed by atoms with van der Waals surface area (Å²) in [5, 5.41) is 8.97. The van der Waals surface area contributed by atoms with Gasteiger partial charge in [-0.25, -0.2) is 0 Å². The number of aliphatic hydroxyl groups excluding tert-OH is 1. The van der Waals surface area contributed by atoms with Gasteiger partial charge in [-0.1, -0.05) is 17.7 Å². The first-order valence-electron chi connectivity index (χ1n) is 6.80. The molecule has 0 atom stereocenters. The van der Waals surface area contributed by atoms with Crippen molar-refractivity contribution in [2.75, 3.05) is 19.8 Å². The predicted octanol–water partition coefficient (Wildman–Crippen LogP) is 1.75. The molecule has 1 fully saturated rings. The molecule has 1 aromatic rings. The zero-order valence-electron chi connectivity index (χ0n) is 11.3. The van der Waals surface area contributed by atoms with Crippen LogP contribution >= 0.6 is 0 Å². The van der Waals surface area contributed by atoms with Gasteiger partial charge in [0.1, 0.15) is 5.75 Å². The van der Waals surface area contributed by atoms with E-state index in [1.807, 2.05) is 31.2 Å². The summed E-state index contributed by atoms with van der Waals surface area (Å²) in [5.74, 6) is 0.863. The van der Waals surface area contributed by atoms with E-state index < -0.39 is 0 Å². The molecule has 0 radical (unpaired) electrons. The minimum Gasteiger partial charge on any atom is -0.493 e. The summed E-state index contributed by atoms with van der Waals surface area (Å²) in [6.07, 6.45) is 2.49. The molecule has 4 heteroatoms. The average molecular weight is 263 g/mol. The standard InChI is InChI=1S/C15H21NO3/c1-12-2-6-14(7-3-12)19-11-8-15(18)16(9-10-17)13-4-5-13/h2-3,6-7,13,17H,4-5,8-11H2,1H3. The fourth-order valence-corrected chi connectivity index (χ4v) is 2.04. The van der Waals surface area contributed by atoms with Crippen molar-refractivity contribution in [3.05, 3.63) is 29.8 Å². The molecular weight excluding hydrogens is 242 g/mol. The lowest BCUT2D eigenvalue weighted by atomic mass is 10.2. The monoisotopic (exact) mass is 263 g/mol. The van der Waals surface area contributed by atoms with E-state index in [9.17, 15) is 4.79 Å². The SMILES string of the molecule is Cc1ccc(OCCC(=O)N(CCO)C2CC2)cc1. The molecule has 1 N–H and O–H groups in total. The van der Waals surface area contributed by atoms with Crippen molar-refractivity contribution in [3.8, 4) is 5.75 Å². The Balaban J connectivity index is 1.75. The number of nitrogens with zero attached hydrogens (tertiary/aromatic N) is 1. The van der Waals surface area contributed by atoms with Crippen LogP contribution in [0.4, 0.5) is 0 Å². The van der Waals surface area contributed by atoms with E-state index in [-0.39, 0.29) is 12.5 Å². The summed E-state index contributed by atoms with van der Waals surface area (Å²) in [7, 11) is 0. The third kappa shape index (κ3) is 4.24. The number of amides is 1. The summed E-state index contributed by atoms with van der Waals surface area (Å²) in [4.78, 5) is 13.8. The zero-order valence-corrected chi connectivity index (χ0v) is 11.3. The maximum atomic E-state index is 12.0. The second-order valence-electron chi connectivity index (χ2n) is 4.95. The van der Waals surface area contributed by atoms with Crippen LogP contribution in [0.3, 0.4) is 0 Å². The lowest BCUT2D eigenvalue weighted by Crippen LogP contribution is -2.36. The molecule has 0 spiro atoms. The molecule has 1 aliphatic carbocycles. The van der Waals surface area contributed by atoms with Crippen molar-refractivity contribution < 1.29 is 14.6 Å². The van der Waals surface area contributed by atoms with Gasteiger partial charge in [0, 0.05) is 12.6 Å². The first kappa shape index (κ1) is 13.9. The molecular formula is C15H21NO3. The first-order valence-corrected chi connectivity index (χ1v) is 6.80. The van der Waals surface area contributed by atoms with Crippen LogP contribution in [-0.4, -0.2) is 41.7 Å². The molecule has 1 aliphatic rings. The van der Waals surface area contributed by atoms with Crippen LogP contribution in [0.5, 0.6) is 5.75 Å². The highest BCUT2D eigenvalue weighted by Crippen LogP contribution is 2.27. The van der Waals surface area contributed by atoms with Gasteiger partial charge in [-0.2, -0.15) is 0 Å². The molecule has 1 aromatic carbocycles. The quantitative estimate of drug-likeness (QED) is 0.815. The van der Waals surface area contributed by atoms with Gasteiger partial charge in [0.25, 0.3) is 0 Å². The van der Waals surface area contributed by atoms with Gasteiger partial charge in [0.15, 0.2) is 0 Å². The molecule has 4 nitrogen and oxygen atoms in total. The fraction of sp³-hybridized carbons (Fsp3) is 0.533. The van der Waals surface area contributed by atoms with E-state index in [0.29, 0.717) is 25.6 Å². The van der Waals surface area contributed by atoms with E-state index in [1.165, 1.54) is 5.56 Å². The molecule has 0 aliphatic heterocycles. The Morgan fingerprint density at radius 3 is 2.63 bits per heavy atom. The van der Waals surface area contributed by atoms with Crippen LogP contribution in [0, 0.1) is 6.92 Å². The van der Waals surface area contributed by atoms with E-state index in [0.717, 1.165) is 18.6 Å². The molecule has 2 rings (SSSR count). The molecule has 0 aromatic heterocycles. The van der Waals surface area contributed by atoms with Crippen LogP contribution in [0.1, 0.15) is 24.8 Å². The summed E-state index contributed by atoms with van der Waals surface area (Å²) >= 11 is 0. The van der Waals surface area contributed by atoms with Gasteiger partial charge < -0.3 is 14.7 Å². The topological polar surface area (TPSA) is 49.8 Å². The minimum atomic E-state index is 0.0288. The second-order valence-corrected chi connectivity index (χ2v) is 4.95. The highest BCUT2D eigenvalue weighted by molar-refractivity contribution is 5.77. The Bertz CT molecular complexity index is 412. The van der Waals surface area contributed by atoms with Crippen molar-refractivity contribution >= 4 is 5.91 Å². The Hall–Kier alpha value is -1.55. The number of aliphatic hydroxyl groups is 1. The van der Waals surface area contributed by atoms with Crippen molar-refractivity contribution in [2.24, 2.45) is 0 Å². The lowest BCUT2D eigenvalue weighted by Gasteiger charge is -2.21. The van der Waals surface area contributed by atoms with Crippen LogP contribution in [0.25, 0.3) is 0 Å². The van der Waals surface area contributed by atoms with Gasteiger partial charge in [-0.3, -0.25) is 4.79 Å². The molecule has 1 saturated carbocycles. The molecule has 0 unspecified atom stereocenters.